The van der Waals surface area contributed by atoms with E-state index in [0.717, 1.165) is 12.8 Å². The Bertz CT molecular complexity index is 600. The van der Waals surface area contributed by atoms with Crippen LogP contribution in [0.2, 0.25) is 0 Å². The van der Waals surface area contributed by atoms with E-state index in [1.807, 2.05) is 13.8 Å². The SMILES string of the molecule is CCCCCCCCCCCCCCCCCCCC/C=C/CCCCCCCCC(=O)OC[C@@H]1COC(C)(C)O1. The molecule has 0 saturated carbocycles. The predicted molar refractivity (Wildman–Crippen MR) is 175 cm³/mol. The molecule has 0 aromatic carbocycles. The van der Waals surface area contributed by atoms with Gasteiger partial charge >= 0.3 is 5.97 Å². The number of allylic oxidation sites excluding steroid dienone is 2. The maximum atomic E-state index is 11.9. The van der Waals surface area contributed by atoms with Crippen LogP contribution in [0.15, 0.2) is 12.2 Å². The molecule has 1 aliphatic rings. The number of ether oxygens (including phenoxy) is 3. The number of esters is 1. The molecule has 0 aromatic heterocycles. The summed E-state index contributed by atoms with van der Waals surface area (Å²) in [6.07, 6.45) is 40.7. The molecule has 1 saturated heterocycles. The molecule has 1 rings (SSSR count). The molecule has 1 fully saturated rings. The van der Waals surface area contributed by atoms with E-state index in [1.165, 1.54) is 154 Å². The molecule has 0 unspecified atom stereocenters. The van der Waals surface area contributed by atoms with Crippen molar-refractivity contribution in [2.75, 3.05) is 13.2 Å². The van der Waals surface area contributed by atoms with Crippen molar-refractivity contribution >= 4 is 5.97 Å². The number of hydrogen-bond donors (Lipinski definition) is 0. The second-order valence-corrected chi connectivity index (χ2v) is 13.1. The first-order chi connectivity index (χ1) is 20.0. The molecule has 0 bridgehead atoms. The summed E-state index contributed by atoms with van der Waals surface area (Å²) in [5, 5.41) is 0. The van der Waals surface area contributed by atoms with Gasteiger partial charge in [-0.25, -0.2) is 0 Å². The zero-order chi connectivity index (χ0) is 29.7. The van der Waals surface area contributed by atoms with E-state index in [9.17, 15) is 4.79 Å². The fraction of sp³-hybridized carbons (Fsp3) is 0.919. The van der Waals surface area contributed by atoms with Gasteiger partial charge in [-0.15, -0.1) is 0 Å². The van der Waals surface area contributed by atoms with E-state index in [0.29, 0.717) is 19.6 Å². The predicted octanol–water partition coefficient (Wildman–Crippen LogP) is 11.8. The van der Waals surface area contributed by atoms with Crippen molar-refractivity contribution in [3.05, 3.63) is 12.2 Å². The van der Waals surface area contributed by atoms with E-state index in [-0.39, 0.29) is 12.1 Å². The van der Waals surface area contributed by atoms with Gasteiger partial charge in [-0.05, 0) is 46.0 Å². The molecule has 0 N–H and O–H groups in total. The average molecular weight is 579 g/mol. The number of rotatable bonds is 30. The van der Waals surface area contributed by atoms with E-state index >= 15 is 0 Å². The van der Waals surface area contributed by atoms with E-state index in [1.54, 1.807) is 0 Å². The Kier molecular flexibility index (Phi) is 26.0. The molecule has 0 aliphatic carbocycles. The summed E-state index contributed by atoms with van der Waals surface area (Å²) in [5.41, 5.74) is 0. The zero-order valence-corrected chi connectivity index (χ0v) is 27.9. The molecule has 242 valence electrons. The molecule has 0 aromatic rings. The Morgan fingerprint density at radius 3 is 1.41 bits per heavy atom. The molecule has 1 aliphatic heterocycles. The lowest BCUT2D eigenvalue weighted by Gasteiger charge is -2.16. The highest BCUT2D eigenvalue weighted by Crippen LogP contribution is 2.22. The van der Waals surface area contributed by atoms with Crippen LogP contribution in [-0.4, -0.2) is 31.1 Å². The van der Waals surface area contributed by atoms with Gasteiger partial charge in [-0.3, -0.25) is 4.79 Å². The Morgan fingerprint density at radius 1 is 0.634 bits per heavy atom. The van der Waals surface area contributed by atoms with Gasteiger partial charge in [0.2, 0.25) is 0 Å². The van der Waals surface area contributed by atoms with Crippen molar-refractivity contribution in [2.24, 2.45) is 0 Å². The number of unbranched alkanes of at least 4 members (excludes halogenated alkanes) is 24. The maximum Gasteiger partial charge on any atom is 0.305 e. The summed E-state index contributed by atoms with van der Waals surface area (Å²) in [5.74, 6) is -0.670. The maximum absolute atomic E-state index is 11.9. The third kappa shape index (κ3) is 26.5. The topological polar surface area (TPSA) is 44.8 Å². The average Bonchev–Trinajstić information content (AvgIpc) is 3.31. The Balaban J connectivity index is 1.69. The van der Waals surface area contributed by atoms with Crippen LogP contribution in [0.4, 0.5) is 0 Å². The first-order valence-electron chi connectivity index (χ1n) is 18.2. The number of hydrogen-bond acceptors (Lipinski definition) is 4. The zero-order valence-electron chi connectivity index (χ0n) is 27.9. The minimum Gasteiger partial charge on any atom is -0.463 e. The van der Waals surface area contributed by atoms with Crippen LogP contribution < -0.4 is 0 Å². The highest BCUT2D eigenvalue weighted by Gasteiger charge is 2.33. The van der Waals surface area contributed by atoms with Crippen molar-refractivity contribution in [3.8, 4) is 0 Å². The second-order valence-electron chi connectivity index (χ2n) is 13.1. The van der Waals surface area contributed by atoms with Crippen LogP contribution in [0.3, 0.4) is 0 Å². The van der Waals surface area contributed by atoms with Crippen molar-refractivity contribution in [3.63, 3.8) is 0 Å². The molecule has 1 atom stereocenters. The first-order valence-corrected chi connectivity index (χ1v) is 18.2. The number of carbonyl (C=O) groups is 1. The fourth-order valence-corrected chi connectivity index (χ4v) is 5.74. The first kappa shape index (κ1) is 38.2. The second kappa shape index (κ2) is 27.9. The summed E-state index contributed by atoms with van der Waals surface area (Å²) in [6.45, 7) is 6.86. The summed E-state index contributed by atoms with van der Waals surface area (Å²) in [4.78, 5) is 11.9. The molecule has 41 heavy (non-hydrogen) atoms. The lowest BCUT2D eigenvalue weighted by Crippen LogP contribution is -2.25. The summed E-state index contributed by atoms with van der Waals surface area (Å²) < 4.78 is 16.5. The van der Waals surface area contributed by atoms with Gasteiger partial charge in [0.05, 0.1) is 6.61 Å². The largest absolute Gasteiger partial charge is 0.463 e. The quantitative estimate of drug-likeness (QED) is 0.0483. The van der Waals surface area contributed by atoms with Crippen LogP contribution in [0.5, 0.6) is 0 Å². The molecular weight excluding hydrogens is 508 g/mol. The van der Waals surface area contributed by atoms with Gasteiger partial charge in [0, 0.05) is 6.42 Å². The van der Waals surface area contributed by atoms with E-state index in [4.69, 9.17) is 14.2 Å². The van der Waals surface area contributed by atoms with Crippen molar-refractivity contribution in [1.29, 1.82) is 0 Å². The third-order valence-electron chi connectivity index (χ3n) is 8.39. The van der Waals surface area contributed by atoms with E-state index in [2.05, 4.69) is 19.1 Å². The smallest absolute Gasteiger partial charge is 0.305 e. The number of carbonyl (C=O) groups excluding carboxylic acids is 1. The molecule has 4 heteroatoms. The van der Waals surface area contributed by atoms with Crippen molar-refractivity contribution in [1.82, 2.24) is 0 Å². The molecule has 1 heterocycles. The fourth-order valence-electron chi connectivity index (χ4n) is 5.74. The Labute approximate surface area is 256 Å². The van der Waals surface area contributed by atoms with Gasteiger partial charge in [0.1, 0.15) is 12.7 Å². The van der Waals surface area contributed by atoms with Crippen LogP contribution in [0.25, 0.3) is 0 Å². The minimum atomic E-state index is -0.558. The van der Waals surface area contributed by atoms with Gasteiger partial charge in [-0.1, -0.05) is 154 Å². The van der Waals surface area contributed by atoms with Crippen molar-refractivity contribution in [2.45, 2.75) is 206 Å². The molecule has 0 spiro atoms. The molecule has 0 amide bonds. The Hall–Kier alpha value is -0.870. The van der Waals surface area contributed by atoms with Crippen LogP contribution in [0.1, 0.15) is 194 Å². The van der Waals surface area contributed by atoms with Gasteiger partial charge in [-0.2, -0.15) is 0 Å². The minimum absolute atomic E-state index is 0.113. The molecular formula is C37H70O4. The van der Waals surface area contributed by atoms with Crippen molar-refractivity contribution < 1.29 is 19.0 Å². The molecule has 0 radical (unpaired) electrons. The standard InChI is InChI=1S/C37H70O4/c1-4-5-6-7-8-9-10-11-12-13-14-15-16-17-18-19-20-21-22-23-24-25-26-27-28-29-30-31-32-36(38)39-33-35-34-40-37(2,3)41-35/h23-24,35H,4-22,25-34H2,1-3H3/b24-23+/t35-/m1/s1. The van der Waals surface area contributed by atoms with Gasteiger partial charge in [0.15, 0.2) is 5.79 Å². The van der Waals surface area contributed by atoms with E-state index < -0.39 is 5.79 Å². The Morgan fingerprint density at radius 2 is 1.02 bits per heavy atom. The lowest BCUT2D eigenvalue weighted by atomic mass is 10.0. The normalized spacial score (nSPS) is 16.6. The highest BCUT2D eigenvalue weighted by atomic mass is 16.7. The molecule has 4 nitrogen and oxygen atoms in total. The van der Waals surface area contributed by atoms with Crippen LogP contribution in [-0.2, 0) is 19.0 Å². The third-order valence-corrected chi connectivity index (χ3v) is 8.39. The van der Waals surface area contributed by atoms with Gasteiger partial charge in [0.25, 0.3) is 0 Å². The van der Waals surface area contributed by atoms with Crippen LogP contribution in [0, 0.1) is 0 Å². The summed E-state index contributed by atoms with van der Waals surface area (Å²) in [7, 11) is 0. The lowest BCUT2D eigenvalue weighted by molar-refractivity contribution is -0.158. The van der Waals surface area contributed by atoms with Gasteiger partial charge < -0.3 is 14.2 Å². The summed E-state index contributed by atoms with van der Waals surface area (Å²) in [6, 6.07) is 0. The highest BCUT2D eigenvalue weighted by molar-refractivity contribution is 5.69. The summed E-state index contributed by atoms with van der Waals surface area (Å²) >= 11 is 0. The van der Waals surface area contributed by atoms with Crippen LogP contribution >= 0.6 is 0 Å². The monoisotopic (exact) mass is 579 g/mol.